The van der Waals surface area contributed by atoms with Gasteiger partial charge in [-0.25, -0.2) is 0 Å². The zero-order valence-electron chi connectivity index (χ0n) is 10.7. The van der Waals surface area contributed by atoms with E-state index in [-0.39, 0.29) is 10.8 Å². The molecule has 0 heterocycles. The predicted octanol–water partition coefficient (Wildman–Crippen LogP) is 3.85. The zero-order valence-corrected chi connectivity index (χ0v) is 11.6. The van der Waals surface area contributed by atoms with Gasteiger partial charge >= 0.3 is 6.36 Å². The smallest absolute Gasteiger partial charge is 0.404 e. The molecule has 0 bridgehead atoms. The van der Waals surface area contributed by atoms with Crippen LogP contribution in [0.25, 0.3) is 6.08 Å². The molecule has 0 aliphatic heterocycles. The van der Waals surface area contributed by atoms with E-state index in [2.05, 4.69) is 4.74 Å². The van der Waals surface area contributed by atoms with Crippen LogP contribution in [0.4, 0.5) is 18.9 Å². The van der Waals surface area contributed by atoms with Crippen molar-refractivity contribution in [3.63, 3.8) is 0 Å². The van der Waals surface area contributed by atoms with Crippen LogP contribution in [0.15, 0.2) is 24.3 Å². The Morgan fingerprint density at radius 1 is 1.45 bits per heavy atom. The van der Waals surface area contributed by atoms with Gasteiger partial charge in [0.15, 0.2) is 10.9 Å². The number of halogens is 3. The number of allylic oxidation sites excluding steroid dienone is 1. The van der Waals surface area contributed by atoms with Gasteiger partial charge in [-0.2, -0.15) is 0 Å². The van der Waals surface area contributed by atoms with Crippen LogP contribution in [0.5, 0.6) is 5.75 Å². The summed E-state index contributed by atoms with van der Waals surface area (Å²) in [4.78, 5) is 10.7. The van der Waals surface area contributed by atoms with Gasteiger partial charge < -0.3 is 10.5 Å². The van der Waals surface area contributed by atoms with Gasteiger partial charge in [0, 0.05) is 12.7 Å². The van der Waals surface area contributed by atoms with Crippen molar-refractivity contribution in [1.29, 1.82) is 0 Å². The van der Waals surface area contributed by atoms with Gasteiger partial charge in [0.05, 0.1) is 5.69 Å². The van der Waals surface area contributed by atoms with Crippen molar-refractivity contribution < 1.29 is 22.7 Å². The minimum absolute atomic E-state index is 0.0521. The molecule has 0 atom stereocenters. The molecule has 0 aliphatic rings. The molecule has 0 saturated heterocycles. The maximum atomic E-state index is 12.1. The first-order valence-electron chi connectivity index (χ1n) is 5.73. The van der Waals surface area contributed by atoms with Crippen LogP contribution in [0.2, 0.25) is 0 Å². The lowest BCUT2D eigenvalue weighted by molar-refractivity contribution is -0.274. The third kappa shape index (κ3) is 6.51. The lowest BCUT2D eigenvalue weighted by atomic mass is 10.1. The van der Waals surface area contributed by atoms with Gasteiger partial charge in [-0.15, -0.1) is 13.2 Å². The summed E-state index contributed by atoms with van der Waals surface area (Å²) < 4.78 is 39.9. The third-order valence-electron chi connectivity index (χ3n) is 2.16. The van der Waals surface area contributed by atoms with Crippen molar-refractivity contribution in [3.05, 3.63) is 29.8 Å². The number of nitrogens with two attached hydrogens (primary N) is 1. The van der Waals surface area contributed by atoms with Crippen LogP contribution >= 0.6 is 11.8 Å². The average Bonchev–Trinajstić information content (AvgIpc) is 2.30. The van der Waals surface area contributed by atoms with Crippen LogP contribution < -0.4 is 10.5 Å². The molecule has 0 fully saturated rings. The van der Waals surface area contributed by atoms with Crippen molar-refractivity contribution in [3.8, 4) is 5.75 Å². The normalized spacial score (nSPS) is 11.8. The number of carbonyl (C=O) groups excluding carboxylic acids is 1. The fraction of sp³-hybridized carbons (Fsp3) is 0.308. The van der Waals surface area contributed by atoms with Gasteiger partial charge in [-0.05, 0) is 24.1 Å². The Labute approximate surface area is 119 Å². The molecule has 7 heteroatoms. The molecule has 3 nitrogen and oxygen atoms in total. The number of hydrogen-bond acceptors (Lipinski definition) is 4. The molecule has 0 amide bonds. The number of nitrogen functional groups attached to an aromatic ring is 1. The standard InChI is InChI=1S/C13H14F3NO2S/c1-9(18)20-7-3-2-4-10-5-6-12(11(17)8-10)19-13(14,15)16/h2,4-6,8H,3,7,17H2,1H3. The van der Waals surface area contributed by atoms with E-state index in [1.165, 1.54) is 36.9 Å². The highest BCUT2D eigenvalue weighted by atomic mass is 32.2. The molecule has 0 unspecified atom stereocenters. The van der Waals surface area contributed by atoms with Gasteiger partial charge in [-0.3, -0.25) is 4.79 Å². The predicted molar refractivity (Wildman–Crippen MR) is 74.3 cm³/mol. The van der Waals surface area contributed by atoms with Crippen LogP contribution in [0, 0.1) is 0 Å². The van der Waals surface area contributed by atoms with Crippen molar-refractivity contribution >= 4 is 28.6 Å². The SMILES string of the molecule is CC(=O)SCCC=Cc1ccc(OC(F)(F)F)c(N)c1. The van der Waals surface area contributed by atoms with E-state index < -0.39 is 12.1 Å². The first kappa shape index (κ1) is 16.4. The van der Waals surface area contributed by atoms with Crippen LogP contribution in [0.3, 0.4) is 0 Å². The minimum atomic E-state index is -4.75. The first-order chi connectivity index (χ1) is 9.28. The molecule has 2 N–H and O–H groups in total. The van der Waals surface area contributed by atoms with E-state index in [0.717, 1.165) is 0 Å². The van der Waals surface area contributed by atoms with E-state index in [0.29, 0.717) is 17.7 Å². The molecule has 1 rings (SSSR count). The lowest BCUT2D eigenvalue weighted by Gasteiger charge is -2.11. The van der Waals surface area contributed by atoms with Gasteiger partial charge in [0.1, 0.15) is 0 Å². The van der Waals surface area contributed by atoms with Gasteiger partial charge in [0.2, 0.25) is 0 Å². The highest BCUT2D eigenvalue weighted by Crippen LogP contribution is 2.29. The van der Waals surface area contributed by atoms with Gasteiger partial charge in [-0.1, -0.05) is 30.0 Å². The Morgan fingerprint density at radius 3 is 2.70 bits per heavy atom. The highest BCUT2D eigenvalue weighted by molar-refractivity contribution is 8.13. The van der Waals surface area contributed by atoms with E-state index in [1.807, 2.05) is 6.08 Å². The molecule has 1 aromatic carbocycles. The van der Waals surface area contributed by atoms with Gasteiger partial charge in [0.25, 0.3) is 0 Å². The first-order valence-corrected chi connectivity index (χ1v) is 6.71. The molecule has 0 spiro atoms. The van der Waals surface area contributed by atoms with E-state index in [1.54, 1.807) is 6.08 Å². The van der Waals surface area contributed by atoms with Crippen LogP contribution in [0.1, 0.15) is 18.9 Å². The molecule has 1 aromatic rings. The number of thioether (sulfide) groups is 1. The van der Waals surface area contributed by atoms with E-state index in [4.69, 9.17) is 5.73 Å². The number of alkyl halides is 3. The quantitative estimate of drug-likeness (QED) is 0.663. The van der Waals surface area contributed by atoms with Crippen LogP contribution in [-0.4, -0.2) is 17.2 Å². The molecular formula is C13H14F3NO2S. The van der Waals surface area contributed by atoms with Crippen LogP contribution in [-0.2, 0) is 4.79 Å². The lowest BCUT2D eigenvalue weighted by Crippen LogP contribution is -2.18. The summed E-state index contributed by atoms with van der Waals surface area (Å²) in [5.41, 5.74) is 6.08. The Hall–Kier alpha value is -1.63. The second-order valence-corrected chi connectivity index (χ2v) is 5.15. The second kappa shape index (κ2) is 7.23. The van der Waals surface area contributed by atoms with Crippen molar-refractivity contribution in [1.82, 2.24) is 0 Å². The summed E-state index contributed by atoms with van der Waals surface area (Å²) in [5, 5.41) is 0.0521. The second-order valence-electron chi connectivity index (χ2n) is 3.88. The summed E-state index contributed by atoms with van der Waals surface area (Å²) in [6.45, 7) is 1.49. The van der Waals surface area contributed by atoms with Crippen molar-refractivity contribution in [2.45, 2.75) is 19.7 Å². The molecule has 110 valence electrons. The van der Waals surface area contributed by atoms with E-state index >= 15 is 0 Å². The topological polar surface area (TPSA) is 52.3 Å². The Bertz CT molecular complexity index is 501. The molecule has 0 aliphatic carbocycles. The summed E-state index contributed by atoms with van der Waals surface area (Å²) in [6, 6.07) is 4.05. The third-order valence-corrected chi connectivity index (χ3v) is 3.01. The number of ether oxygens (including phenoxy) is 1. The molecule has 20 heavy (non-hydrogen) atoms. The number of hydrogen-bond donors (Lipinski definition) is 1. The number of carbonyl (C=O) groups is 1. The summed E-state index contributed by atoms with van der Waals surface area (Å²) in [7, 11) is 0. The maximum Gasteiger partial charge on any atom is 0.573 e. The summed E-state index contributed by atoms with van der Waals surface area (Å²) in [5.74, 6) is 0.248. The Balaban J connectivity index is 2.59. The maximum absolute atomic E-state index is 12.1. The summed E-state index contributed by atoms with van der Waals surface area (Å²) in [6.07, 6.45) is -0.510. The monoisotopic (exact) mass is 305 g/mol. The molecule has 0 saturated carbocycles. The minimum Gasteiger partial charge on any atom is -0.404 e. The Kier molecular flexibility index (Phi) is 5.94. The van der Waals surface area contributed by atoms with Crippen molar-refractivity contribution in [2.75, 3.05) is 11.5 Å². The summed E-state index contributed by atoms with van der Waals surface area (Å²) >= 11 is 1.22. The fourth-order valence-electron chi connectivity index (χ4n) is 1.38. The van der Waals surface area contributed by atoms with Crippen molar-refractivity contribution in [2.24, 2.45) is 0 Å². The van der Waals surface area contributed by atoms with E-state index in [9.17, 15) is 18.0 Å². The zero-order chi connectivity index (χ0) is 15.2. The Morgan fingerprint density at radius 2 is 2.15 bits per heavy atom. The molecule has 0 aromatic heterocycles. The molecule has 0 radical (unpaired) electrons. The molecular weight excluding hydrogens is 291 g/mol. The number of rotatable bonds is 5. The largest absolute Gasteiger partial charge is 0.573 e. The highest BCUT2D eigenvalue weighted by Gasteiger charge is 2.31. The fourth-order valence-corrected chi connectivity index (χ4v) is 1.92. The number of anilines is 1. The number of benzene rings is 1. The average molecular weight is 305 g/mol.